The molecule has 132 valence electrons. The van der Waals surface area contributed by atoms with Crippen molar-refractivity contribution in [2.45, 2.75) is 45.1 Å². The summed E-state index contributed by atoms with van der Waals surface area (Å²) in [5.41, 5.74) is 1.04. The largest absolute Gasteiger partial charge is 0.500 e. The van der Waals surface area contributed by atoms with E-state index < -0.39 is 18.6 Å². The Morgan fingerprint density at radius 3 is 1.83 bits per heavy atom. The van der Waals surface area contributed by atoms with E-state index in [1.807, 2.05) is 39.8 Å². The van der Waals surface area contributed by atoms with E-state index in [4.69, 9.17) is 13.3 Å². The number of hydrogen-bond acceptors (Lipinski definition) is 5. The minimum absolute atomic E-state index is 0.0675. The summed E-state index contributed by atoms with van der Waals surface area (Å²) in [5.74, 6) is 0.0675. The lowest BCUT2D eigenvalue weighted by Gasteiger charge is -2.28. The molecule has 1 aromatic rings. The predicted octanol–water partition coefficient (Wildman–Crippen LogP) is 3.21. The second-order valence-corrected chi connectivity index (χ2v) is 10.1. The highest BCUT2D eigenvalue weighted by Gasteiger charge is 2.40. The third-order valence-electron chi connectivity index (χ3n) is 3.37. The van der Waals surface area contributed by atoms with Crippen LogP contribution in [0.3, 0.4) is 0 Å². The van der Waals surface area contributed by atoms with Crippen LogP contribution in [0.1, 0.15) is 32.8 Å². The first-order valence-corrected chi connectivity index (χ1v) is 11.7. The average molecular weight is 361 g/mol. The fourth-order valence-electron chi connectivity index (χ4n) is 2.34. The molecule has 5 nitrogen and oxygen atoms in total. The quantitative estimate of drug-likeness (QED) is 0.567. The molecule has 0 saturated heterocycles. The molecule has 0 aromatic heterocycles. The molecule has 23 heavy (non-hydrogen) atoms. The van der Waals surface area contributed by atoms with Gasteiger partial charge in [-0.2, -0.15) is 0 Å². The van der Waals surface area contributed by atoms with Gasteiger partial charge in [-0.1, -0.05) is 17.7 Å². The molecule has 0 bridgehead atoms. The third kappa shape index (κ3) is 6.35. The van der Waals surface area contributed by atoms with Gasteiger partial charge < -0.3 is 13.3 Å². The standard InChI is InChI=1S/C16H28O5SSi/c1-5-19-23(20-6-2,21-7-3)14-8-13-22(17,18)16-11-9-15(4)10-12-16/h9-12H,5-8,13-14H2,1-4H3. The molecule has 0 spiro atoms. The van der Waals surface area contributed by atoms with Crippen molar-refractivity contribution in [3.63, 3.8) is 0 Å². The Labute approximate surface area is 141 Å². The Bertz CT molecular complexity index is 539. The van der Waals surface area contributed by atoms with Gasteiger partial charge in [-0.3, -0.25) is 0 Å². The summed E-state index contributed by atoms with van der Waals surface area (Å²) in [6.07, 6.45) is 0.461. The molecule has 1 aromatic carbocycles. The zero-order valence-corrected chi connectivity index (χ0v) is 16.3. The fraction of sp³-hybridized carbons (Fsp3) is 0.625. The summed E-state index contributed by atoms with van der Waals surface area (Å²) in [6.45, 7) is 9.10. The second-order valence-electron chi connectivity index (χ2n) is 5.22. The Morgan fingerprint density at radius 1 is 0.913 bits per heavy atom. The summed E-state index contributed by atoms with van der Waals surface area (Å²) >= 11 is 0. The van der Waals surface area contributed by atoms with E-state index in [0.717, 1.165) is 5.56 Å². The van der Waals surface area contributed by atoms with Crippen LogP contribution in [0.4, 0.5) is 0 Å². The summed E-state index contributed by atoms with van der Waals surface area (Å²) in [5, 5.41) is 0. The SMILES string of the molecule is CCO[Si](CCCS(=O)(=O)c1ccc(C)cc1)(OCC)OCC. The van der Waals surface area contributed by atoms with Gasteiger partial charge in [0.1, 0.15) is 0 Å². The Kier molecular flexibility index (Phi) is 8.42. The minimum Gasteiger partial charge on any atom is -0.374 e. The average Bonchev–Trinajstić information content (AvgIpc) is 2.48. The van der Waals surface area contributed by atoms with E-state index in [9.17, 15) is 8.42 Å². The van der Waals surface area contributed by atoms with Gasteiger partial charge >= 0.3 is 8.80 Å². The van der Waals surface area contributed by atoms with Crippen molar-refractivity contribution in [3.05, 3.63) is 29.8 Å². The number of hydrogen-bond donors (Lipinski definition) is 0. The Morgan fingerprint density at radius 2 is 1.39 bits per heavy atom. The number of sulfone groups is 1. The Balaban J connectivity index is 2.72. The van der Waals surface area contributed by atoms with Crippen LogP contribution in [-0.2, 0) is 23.1 Å². The van der Waals surface area contributed by atoms with E-state index in [0.29, 0.717) is 37.2 Å². The molecular weight excluding hydrogens is 332 g/mol. The van der Waals surface area contributed by atoms with E-state index >= 15 is 0 Å². The molecule has 0 aliphatic rings. The summed E-state index contributed by atoms with van der Waals surface area (Å²) < 4.78 is 42.0. The van der Waals surface area contributed by atoms with Crippen molar-refractivity contribution in [1.29, 1.82) is 0 Å². The predicted molar refractivity (Wildman–Crippen MR) is 93.3 cm³/mol. The summed E-state index contributed by atoms with van der Waals surface area (Å²) in [7, 11) is -6.06. The molecule has 0 atom stereocenters. The number of aryl methyl sites for hydroxylation is 1. The maximum absolute atomic E-state index is 12.4. The second kappa shape index (κ2) is 9.54. The lowest BCUT2D eigenvalue weighted by atomic mass is 10.2. The maximum Gasteiger partial charge on any atom is 0.500 e. The van der Waals surface area contributed by atoms with Crippen molar-refractivity contribution in [2.75, 3.05) is 25.6 Å². The van der Waals surface area contributed by atoms with Crippen LogP contribution in [0.5, 0.6) is 0 Å². The minimum atomic E-state index is -3.29. The van der Waals surface area contributed by atoms with Crippen molar-refractivity contribution < 1.29 is 21.7 Å². The molecule has 0 amide bonds. The van der Waals surface area contributed by atoms with Crippen molar-refractivity contribution in [2.24, 2.45) is 0 Å². The Hall–Kier alpha value is -0.733. The van der Waals surface area contributed by atoms with Gasteiger partial charge in [-0.15, -0.1) is 0 Å². The van der Waals surface area contributed by atoms with E-state index in [1.54, 1.807) is 12.1 Å². The van der Waals surface area contributed by atoms with Crippen LogP contribution in [-0.4, -0.2) is 42.8 Å². The first-order chi connectivity index (χ1) is 10.9. The molecule has 0 saturated carbocycles. The van der Waals surface area contributed by atoms with E-state index in [2.05, 4.69) is 0 Å². The zero-order chi connectivity index (χ0) is 17.3. The molecule has 0 N–H and O–H groups in total. The smallest absolute Gasteiger partial charge is 0.374 e. The van der Waals surface area contributed by atoms with E-state index in [1.165, 1.54) is 0 Å². The van der Waals surface area contributed by atoms with Crippen LogP contribution in [0.25, 0.3) is 0 Å². The first kappa shape index (κ1) is 20.3. The monoisotopic (exact) mass is 360 g/mol. The van der Waals surface area contributed by atoms with Gasteiger partial charge in [-0.25, -0.2) is 8.42 Å². The molecule has 1 rings (SSSR count). The zero-order valence-electron chi connectivity index (χ0n) is 14.5. The first-order valence-electron chi connectivity index (χ1n) is 8.10. The highest BCUT2D eigenvalue weighted by Crippen LogP contribution is 2.21. The van der Waals surface area contributed by atoms with Crippen molar-refractivity contribution in [1.82, 2.24) is 0 Å². The molecule has 0 heterocycles. The fourth-order valence-corrected chi connectivity index (χ4v) is 6.52. The molecular formula is C16H28O5SSi. The number of benzene rings is 1. The molecule has 7 heteroatoms. The van der Waals surface area contributed by atoms with Crippen molar-refractivity contribution >= 4 is 18.6 Å². The molecule has 0 aliphatic carbocycles. The van der Waals surface area contributed by atoms with Crippen LogP contribution < -0.4 is 0 Å². The summed E-state index contributed by atoms with van der Waals surface area (Å²) in [4.78, 5) is 0.361. The molecule has 0 fully saturated rings. The number of rotatable bonds is 11. The molecule has 0 unspecified atom stereocenters. The highest BCUT2D eigenvalue weighted by molar-refractivity contribution is 7.91. The van der Waals surface area contributed by atoms with Gasteiger partial charge in [-0.05, 0) is 46.2 Å². The van der Waals surface area contributed by atoms with Crippen LogP contribution in [0, 0.1) is 6.92 Å². The lowest BCUT2D eigenvalue weighted by Crippen LogP contribution is -2.46. The van der Waals surface area contributed by atoms with Crippen LogP contribution >= 0.6 is 0 Å². The highest BCUT2D eigenvalue weighted by atomic mass is 32.2. The third-order valence-corrected chi connectivity index (χ3v) is 8.34. The van der Waals surface area contributed by atoms with Crippen LogP contribution in [0.2, 0.25) is 6.04 Å². The normalized spacial score (nSPS) is 12.5. The maximum atomic E-state index is 12.4. The van der Waals surface area contributed by atoms with Crippen molar-refractivity contribution in [3.8, 4) is 0 Å². The lowest BCUT2D eigenvalue weighted by molar-refractivity contribution is 0.0712. The van der Waals surface area contributed by atoms with Gasteiger partial charge in [0.25, 0.3) is 0 Å². The summed E-state index contributed by atoms with van der Waals surface area (Å²) in [6, 6.07) is 7.44. The van der Waals surface area contributed by atoms with Gasteiger partial charge in [0.2, 0.25) is 0 Å². The molecule has 0 aliphatic heterocycles. The molecule has 0 radical (unpaired) electrons. The van der Waals surface area contributed by atoms with E-state index in [-0.39, 0.29) is 5.75 Å². The van der Waals surface area contributed by atoms with Gasteiger partial charge in [0.05, 0.1) is 10.6 Å². The topological polar surface area (TPSA) is 61.8 Å². The van der Waals surface area contributed by atoms with Gasteiger partial charge in [0.15, 0.2) is 9.84 Å². The van der Waals surface area contributed by atoms with Gasteiger partial charge in [0, 0.05) is 25.9 Å². The van der Waals surface area contributed by atoms with Crippen LogP contribution in [0.15, 0.2) is 29.2 Å².